The number of aliphatic carboxylic acids is 2. The third-order valence-corrected chi connectivity index (χ3v) is 5.27. The number of fused-ring (bicyclic) bond motifs is 1. The predicted octanol–water partition coefficient (Wildman–Crippen LogP) is 0.829. The number of nitrogens with one attached hydrogen (secondary N) is 1. The average molecular weight is 468 g/mol. The molecule has 3 rings (SSSR count). The monoisotopic (exact) mass is 468 g/mol. The Kier molecular flexibility index (Phi) is 7.04. The predicted molar refractivity (Wildman–Crippen MR) is 123 cm³/mol. The molecule has 1 aromatic carbocycles. The van der Waals surface area contributed by atoms with Gasteiger partial charge < -0.3 is 31.9 Å². The summed E-state index contributed by atoms with van der Waals surface area (Å²) in [7, 11) is 1.83. The van der Waals surface area contributed by atoms with Crippen LogP contribution in [-0.2, 0) is 9.59 Å². The van der Waals surface area contributed by atoms with Crippen molar-refractivity contribution in [3.05, 3.63) is 41.7 Å². The number of hydrogen-bond donors (Lipinski definition) is 5. The first-order valence-electron chi connectivity index (χ1n) is 10.2. The maximum absolute atomic E-state index is 12.4. The molecule has 178 valence electrons. The summed E-state index contributed by atoms with van der Waals surface area (Å²) >= 11 is 0. The van der Waals surface area contributed by atoms with Crippen LogP contribution in [0.15, 0.2) is 30.5 Å². The molecular weight excluding hydrogens is 444 g/mol. The number of rotatable bonds is 9. The van der Waals surface area contributed by atoms with E-state index in [1.54, 1.807) is 30.5 Å². The number of aromatic nitrogens is 4. The van der Waals surface area contributed by atoms with Crippen LogP contribution < -0.4 is 21.7 Å². The Morgan fingerprint density at radius 3 is 2.38 bits per heavy atom. The Hall–Kier alpha value is -4.55. The molecule has 0 fully saturated rings. The molecule has 0 saturated carbocycles. The molecule has 1 amide bonds. The minimum atomic E-state index is -1.30. The maximum Gasteiger partial charge on any atom is 0.326 e. The molecule has 13 heteroatoms. The lowest BCUT2D eigenvalue weighted by atomic mass is 10.1. The molecule has 0 radical (unpaired) electrons. The first-order valence-corrected chi connectivity index (χ1v) is 10.2. The number of nitrogens with two attached hydrogens (primary N) is 2. The highest BCUT2D eigenvalue weighted by Gasteiger charge is 2.22. The molecule has 0 aliphatic carbocycles. The van der Waals surface area contributed by atoms with E-state index in [0.717, 1.165) is 5.69 Å². The van der Waals surface area contributed by atoms with Gasteiger partial charge in [-0.25, -0.2) is 14.8 Å². The largest absolute Gasteiger partial charge is 0.481 e. The first kappa shape index (κ1) is 24.1. The van der Waals surface area contributed by atoms with Gasteiger partial charge in [0.05, 0.1) is 17.9 Å². The molecule has 0 aliphatic heterocycles. The number of carboxylic acid groups (broad SMARTS) is 2. The SMILES string of the molecule is CC(c1cnc2nc(N)nc(N)c2n1)N(C)c1ccc(C(=O)NC(CCC(=O)O)C(=O)O)cc1. The molecule has 34 heavy (non-hydrogen) atoms. The van der Waals surface area contributed by atoms with Crippen LogP contribution in [0.1, 0.15) is 41.9 Å². The Morgan fingerprint density at radius 1 is 1.09 bits per heavy atom. The van der Waals surface area contributed by atoms with Crippen molar-refractivity contribution >= 4 is 46.5 Å². The average Bonchev–Trinajstić information content (AvgIpc) is 2.80. The Morgan fingerprint density at radius 2 is 1.76 bits per heavy atom. The summed E-state index contributed by atoms with van der Waals surface area (Å²) in [5, 5.41) is 20.3. The van der Waals surface area contributed by atoms with Crippen molar-refractivity contribution in [1.82, 2.24) is 25.3 Å². The van der Waals surface area contributed by atoms with Gasteiger partial charge in [0.2, 0.25) is 5.95 Å². The van der Waals surface area contributed by atoms with Gasteiger partial charge in [0.25, 0.3) is 5.91 Å². The van der Waals surface area contributed by atoms with Crippen molar-refractivity contribution in [3.63, 3.8) is 0 Å². The lowest BCUT2D eigenvalue weighted by Gasteiger charge is -2.26. The van der Waals surface area contributed by atoms with E-state index in [0.29, 0.717) is 16.9 Å². The van der Waals surface area contributed by atoms with Gasteiger partial charge in [0.15, 0.2) is 17.0 Å². The van der Waals surface area contributed by atoms with Crippen molar-refractivity contribution in [2.75, 3.05) is 23.4 Å². The molecule has 2 atom stereocenters. The van der Waals surface area contributed by atoms with E-state index < -0.39 is 23.9 Å². The van der Waals surface area contributed by atoms with Crippen LogP contribution in [0.3, 0.4) is 0 Å². The van der Waals surface area contributed by atoms with Crippen LogP contribution in [-0.4, -0.2) is 61.1 Å². The van der Waals surface area contributed by atoms with Crippen molar-refractivity contribution < 1.29 is 24.6 Å². The van der Waals surface area contributed by atoms with E-state index in [2.05, 4.69) is 25.3 Å². The highest BCUT2D eigenvalue weighted by Crippen LogP contribution is 2.26. The number of benzene rings is 1. The zero-order valence-electron chi connectivity index (χ0n) is 18.5. The molecular formula is C21H24N8O5. The third-order valence-electron chi connectivity index (χ3n) is 5.27. The van der Waals surface area contributed by atoms with Crippen LogP contribution in [0, 0.1) is 0 Å². The Labute approximate surface area is 193 Å². The maximum atomic E-state index is 12.4. The van der Waals surface area contributed by atoms with Gasteiger partial charge in [-0.05, 0) is 37.6 Å². The van der Waals surface area contributed by atoms with Crippen molar-refractivity contribution in [2.45, 2.75) is 31.8 Å². The molecule has 0 saturated heterocycles. The van der Waals surface area contributed by atoms with Crippen molar-refractivity contribution in [2.24, 2.45) is 0 Å². The minimum Gasteiger partial charge on any atom is -0.481 e. The van der Waals surface area contributed by atoms with E-state index in [4.69, 9.17) is 16.6 Å². The summed E-state index contributed by atoms with van der Waals surface area (Å²) in [5.74, 6) is -2.92. The van der Waals surface area contributed by atoms with E-state index in [1.165, 1.54) is 0 Å². The molecule has 2 aromatic heterocycles. The number of amides is 1. The normalized spacial score (nSPS) is 12.6. The number of hydrogen-bond acceptors (Lipinski definition) is 10. The number of nitrogens with zero attached hydrogens (tertiary/aromatic N) is 5. The van der Waals surface area contributed by atoms with E-state index >= 15 is 0 Å². The fourth-order valence-electron chi connectivity index (χ4n) is 3.20. The van der Waals surface area contributed by atoms with Gasteiger partial charge in [-0.2, -0.15) is 9.97 Å². The number of carboxylic acids is 2. The summed E-state index contributed by atoms with van der Waals surface area (Å²) in [4.78, 5) is 53.0. The van der Waals surface area contributed by atoms with Gasteiger partial charge in [-0.3, -0.25) is 9.59 Å². The van der Waals surface area contributed by atoms with Crippen molar-refractivity contribution in [1.29, 1.82) is 0 Å². The van der Waals surface area contributed by atoms with Crippen LogP contribution in [0.5, 0.6) is 0 Å². The molecule has 0 spiro atoms. The fourth-order valence-corrected chi connectivity index (χ4v) is 3.20. The number of nitrogen functional groups attached to an aromatic ring is 2. The molecule has 2 unspecified atom stereocenters. The summed E-state index contributed by atoms with van der Waals surface area (Å²) in [5.41, 5.74) is 13.7. The molecule has 0 aliphatic rings. The molecule has 0 bridgehead atoms. The lowest BCUT2D eigenvalue weighted by molar-refractivity contribution is -0.140. The van der Waals surface area contributed by atoms with Crippen LogP contribution in [0.4, 0.5) is 17.5 Å². The smallest absolute Gasteiger partial charge is 0.326 e. The highest BCUT2D eigenvalue weighted by atomic mass is 16.4. The Balaban J connectivity index is 1.73. The number of anilines is 3. The number of carbonyl (C=O) groups excluding carboxylic acids is 1. The van der Waals surface area contributed by atoms with Gasteiger partial charge in [0.1, 0.15) is 6.04 Å². The van der Waals surface area contributed by atoms with Crippen molar-refractivity contribution in [3.8, 4) is 0 Å². The van der Waals surface area contributed by atoms with Gasteiger partial charge in [-0.1, -0.05) is 0 Å². The summed E-state index contributed by atoms with van der Waals surface area (Å²) in [6.07, 6.45) is 0.978. The van der Waals surface area contributed by atoms with Crippen LogP contribution >= 0.6 is 0 Å². The minimum absolute atomic E-state index is 0.0119. The van der Waals surface area contributed by atoms with Gasteiger partial charge >= 0.3 is 11.9 Å². The zero-order chi connectivity index (χ0) is 25.0. The van der Waals surface area contributed by atoms with E-state index in [1.807, 2.05) is 18.9 Å². The molecule has 3 aromatic rings. The molecule has 7 N–H and O–H groups in total. The molecule has 13 nitrogen and oxygen atoms in total. The second-order valence-electron chi connectivity index (χ2n) is 7.56. The Bertz CT molecular complexity index is 1230. The van der Waals surface area contributed by atoms with Crippen LogP contribution in [0.25, 0.3) is 11.2 Å². The summed E-state index contributed by atoms with van der Waals surface area (Å²) in [6, 6.07) is 4.95. The number of carbonyl (C=O) groups is 3. The highest BCUT2D eigenvalue weighted by molar-refractivity contribution is 5.97. The summed E-state index contributed by atoms with van der Waals surface area (Å²) < 4.78 is 0. The zero-order valence-corrected chi connectivity index (χ0v) is 18.5. The second kappa shape index (κ2) is 9.94. The van der Waals surface area contributed by atoms with Gasteiger partial charge in [-0.15, -0.1) is 0 Å². The van der Waals surface area contributed by atoms with Crippen LogP contribution in [0.2, 0.25) is 0 Å². The second-order valence-corrected chi connectivity index (χ2v) is 7.56. The fraction of sp³-hybridized carbons (Fsp3) is 0.286. The quantitative estimate of drug-likeness (QED) is 0.295. The van der Waals surface area contributed by atoms with Gasteiger partial charge in [0, 0.05) is 24.7 Å². The van der Waals surface area contributed by atoms with E-state index in [9.17, 15) is 19.5 Å². The lowest BCUT2D eigenvalue weighted by Crippen LogP contribution is -2.41. The molecule has 2 heterocycles. The first-order chi connectivity index (χ1) is 16.1. The standard InChI is InChI=1S/C21H24N8O5/c1-10(14-9-24-18-16(25-14)17(22)27-21(23)28-18)29(2)12-5-3-11(4-6-12)19(32)26-13(20(33)34)7-8-15(30)31/h3-6,9-10,13H,7-8H2,1-2H3,(H,26,32)(H,30,31)(H,33,34)(H4,22,23,24,27,28). The third kappa shape index (κ3) is 5.43. The topological polar surface area (TPSA) is 211 Å². The van der Waals surface area contributed by atoms with E-state index in [-0.39, 0.29) is 36.2 Å². The summed E-state index contributed by atoms with van der Waals surface area (Å²) in [6.45, 7) is 1.91.